The zero-order valence-electron chi connectivity index (χ0n) is 10.0. The quantitative estimate of drug-likeness (QED) is 0.634. The summed E-state index contributed by atoms with van der Waals surface area (Å²) in [5.74, 6) is 0.217. The van der Waals surface area contributed by atoms with Gasteiger partial charge in [-0.3, -0.25) is 4.79 Å². The van der Waals surface area contributed by atoms with E-state index in [4.69, 9.17) is 5.73 Å². The second-order valence-corrected chi connectivity index (χ2v) is 4.60. The summed E-state index contributed by atoms with van der Waals surface area (Å²) in [5.41, 5.74) is 5.03. The molecule has 1 aliphatic carbocycles. The minimum Gasteiger partial charge on any atom is -0.368 e. The molecule has 0 aromatic carbocycles. The SMILES string of the molecule is CCCN(C)CC(NC)(C(N)=O)C1CC1. The Morgan fingerprint density at radius 3 is 2.53 bits per heavy atom. The Hall–Kier alpha value is -0.610. The maximum absolute atomic E-state index is 11.6. The molecule has 0 heterocycles. The van der Waals surface area contributed by atoms with Gasteiger partial charge in [-0.15, -0.1) is 0 Å². The fraction of sp³-hybridized carbons (Fsp3) is 0.909. The van der Waals surface area contributed by atoms with Gasteiger partial charge in [-0.1, -0.05) is 6.92 Å². The van der Waals surface area contributed by atoms with Gasteiger partial charge in [0, 0.05) is 6.54 Å². The van der Waals surface area contributed by atoms with Crippen molar-refractivity contribution in [2.75, 3.05) is 27.2 Å². The normalized spacial score (nSPS) is 20.3. The summed E-state index contributed by atoms with van der Waals surface area (Å²) < 4.78 is 0. The first-order valence-electron chi connectivity index (χ1n) is 5.74. The first-order chi connectivity index (χ1) is 7.06. The van der Waals surface area contributed by atoms with Gasteiger partial charge in [0.25, 0.3) is 0 Å². The highest BCUT2D eigenvalue weighted by molar-refractivity contribution is 5.85. The summed E-state index contributed by atoms with van der Waals surface area (Å²) in [6.45, 7) is 3.86. The molecule has 0 bridgehead atoms. The van der Waals surface area contributed by atoms with Gasteiger partial charge in [-0.25, -0.2) is 0 Å². The Morgan fingerprint density at radius 1 is 1.60 bits per heavy atom. The number of primary amides is 1. The second kappa shape index (κ2) is 4.94. The average molecular weight is 213 g/mol. The molecule has 0 radical (unpaired) electrons. The van der Waals surface area contributed by atoms with Crippen molar-refractivity contribution >= 4 is 5.91 Å². The predicted octanol–water partition coefficient (Wildman–Crippen LogP) is 0.182. The molecule has 1 fully saturated rings. The number of amides is 1. The van der Waals surface area contributed by atoms with Gasteiger partial charge in [0.15, 0.2) is 0 Å². The van der Waals surface area contributed by atoms with E-state index in [9.17, 15) is 4.79 Å². The van der Waals surface area contributed by atoms with Crippen LogP contribution in [0.5, 0.6) is 0 Å². The molecule has 0 aliphatic heterocycles. The molecule has 0 saturated heterocycles. The van der Waals surface area contributed by atoms with Gasteiger partial charge >= 0.3 is 0 Å². The van der Waals surface area contributed by atoms with Crippen molar-refractivity contribution in [1.82, 2.24) is 10.2 Å². The summed E-state index contributed by atoms with van der Waals surface area (Å²) in [6.07, 6.45) is 3.33. The molecular formula is C11H23N3O. The Morgan fingerprint density at radius 2 is 2.20 bits per heavy atom. The Labute approximate surface area is 92.2 Å². The molecule has 0 aromatic heterocycles. The van der Waals surface area contributed by atoms with Gasteiger partial charge in [-0.05, 0) is 45.8 Å². The molecule has 0 spiro atoms. The van der Waals surface area contributed by atoms with Crippen molar-refractivity contribution in [3.8, 4) is 0 Å². The fourth-order valence-electron chi connectivity index (χ4n) is 2.28. The third-order valence-electron chi connectivity index (χ3n) is 3.28. The van der Waals surface area contributed by atoms with Crippen molar-refractivity contribution in [2.45, 2.75) is 31.7 Å². The van der Waals surface area contributed by atoms with Crippen LogP contribution in [0.4, 0.5) is 0 Å². The van der Waals surface area contributed by atoms with Gasteiger partial charge in [-0.2, -0.15) is 0 Å². The fourth-order valence-corrected chi connectivity index (χ4v) is 2.28. The number of carbonyl (C=O) groups excluding carboxylic acids is 1. The molecule has 3 N–H and O–H groups in total. The summed E-state index contributed by atoms with van der Waals surface area (Å²) in [4.78, 5) is 13.8. The lowest BCUT2D eigenvalue weighted by molar-refractivity contribution is -0.125. The van der Waals surface area contributed by atoms with Gasteiger partial charge in [0.05, 0.1) is 0 Å². The molecular weight excluding hydrogens is 190 g/mol. The average Bonchev–Trinajstić information content (AvgIpc) is 2.97. The smallest absolute Gasteiger partial charge is 0.239 e. The number of nitrogens with zero attached hydrogens (tertiary/aromatic N) is 1. The van der Waals surface area contributed by atoms with E-state index in [1.165, 1.54) is 0 Å². The highest BCUT2D eigenvalue weighted by atomic mass is 16.1. The predicted molar refractivity (Wildman–Crippen MR) is 61.5 cm³/mol. The molecule has 1 aliphatic rings. The van der Waals surface area contributed by atoms with E-state index >= 15 is 0 Å². The summed E-state index contributed by atoms with van der Waals surface area (Å²) in [6, 6.07) is 0. The Bertz CT molecular complexity index is 228. The first-order valence-corrected chi connectivity index (χ1v) is 5.74. The lowest BCUT2D eigenvalue weighted by atomic mass is 9.91. The third-order valence-corrected chi connectivity index (χ3v) is 3.28. The van der Waals surface area contributed by atoms with E-state index in [2.05, 4.69) is 17.1 Å². The zero-order chi connectivity index (χ0) is 11.5. The molecule has 1 amide bonds. The van der Waals surface area contributed by atoms with Gasteiger partial charge in [0.1, 0.15) is 5.54 Å². The standard InChI is InChI=1S/C11H23N3O/c1-4-7-14(3)8-11(13-2,10(12)15)9-5-6-9/h9,13H,4-8H2,1-3H3,(H2,12,15). The maximum Gasteiger partial charge on any atom is 0.239 e. The van der Waals surface area contributed by atoms with Crippen LogP contribution in [0.2, 0.25) is 0 Å². The molecule has 88 valence electrons. The molecule has 4 nitrogen and oxygen atoms in total. The maximum atomic E-state index is 11.6. The van der Waals surface area contributed by atoms with Crippen molar-refractivity contribution in [3.63, 3.8) is 0 Å². The van der Waals surface area contributed by atoms with Crippen molar-refractivity contribution < 1.29 is 4.79 Å². The number of nitrogens with two attached hydrogens (primary N) is 1. The molecule has 1 atom stereocenters. The molecule has 1 rings (SSSR count). The van der Waals surface area contributed by atoms with Crippen molar-refractivity contribution in [2.24, 2.45) is 11.7 Å². The topological polar surface area (TPSA) is 58.4 Å². The second-order valence-electron chi connectivity index (χ2n) is 4.60. The number of hydrogen-bond acceptors (Lipinski definition) is 3. The number of likely N-dealkylation sites (N-methyl/N-ethyl adjacent to an activating group) is 2. The summed E-state index contributed by atoms with van der Waals surface area (Å²) in [7, 11) is 3.88. The number of rotatable bonds is 7. The molecule has 1 unspecified atom stereocenters. The lowest BCUT2D eigenvalue weighted by Crippen LogP contribution is -2.61. The third kappa shape index (κ3) is 2.69. The van der Waals surface area contributed by atoms with E-state index in [0.717, 1.165) is 32.4 Å². The van der Waals surface area contributed by atoms with Crippen LogP contribution in [0, 0.1) is 5.92 Å². The highest BCUT2D eigenvalue weighted by Crippen LogP contribution is 2.39. The van der Waals surface area contributed by atoms with Crippen LogP contribution in [0.3, 0.4) is 0 Å². The van der Waals surface area contributed by atoms with Crippen LogP contribution in [0.15, 0.2) is 0 Å². The van der Waals surface area contributed by atoms with Crippen LogP contribution < -0.4 is 11.1 Å². The van der Waals surface area contributed by atoms with Crippen molar-refractivity contribution in [1.29, 1.82) is 0 Å². The van der Waals surface area contributed by atoms with Crippen LogP contribution in [-0.4, -0.2) is 43.5 Å². The summed E-state index contributed by atoms with van der Waals surface area (Å²) >= 11 is 0. The summed E-state index contributed by atoms with van der Waals surface area (Å²) in [5, 5.41) is 3.15. The minimum atomic E-state index is -0.510. The van der Waals surface area contributed by atoms with Gasteiger partial charge in [0.2, 0.25) is 5.91 Å². The molecule has 15 heavy (non-hydrogen) atoms. The number of carbonyl (C=O) groups is 1. The van der Waals surface area contributed by atoms with Crippen LogP contribution in [0.1, 0.15) is 26.2 Å². The van der Waals surface area contributed by atoms with Gasteiger partial charge < -0.3 is 16.0 Å². The van der Waals surface area contributed by atoms with Crippen LogP contribution in [-0.2, 0) is 4.79 Å². The highest BCUT2D eigenvalue weighted by Gasteiger charge is 2.49. The first kappa shape index (κ1) is 12.5. The van der Waals surface area contributed by atoms with Crippen LogP contribution in [0.25, 0.3) is 0 Å². The van der Waals surface area contributed by atoms with Crippen molar-refractivity contribution in [3.05, 3.63) is 0 Å². The van der Waals surface area contributed by atoms with E-state index < -0.39 is 5.54 Å². The van der Waals surface area contributed by atoms with E-state index in [1.54, 1.807) is 0 Å². The Balaban J connectivity index is 2.67. The van der Waals surface area contributed by atoms with Crippen LogP contribution >= 0.6 is 0 Å². The molecule has 1 saturated carbocycles. The van der Waals surface area contributed by atoms with E-state index in [-0.39, 0.29) is 5.91 Å². The number of hydrogen-bond donors (Lipinski definition) is 2. The largest absolute Gasteiger partial charge is 0.368 e. The monoisotopic (exact) mass is 213 g/mol. The lowest BCUT2D eigenvalue weighted by Gasteiger charge is -2.34. The van der Waals surface area contributed by atoms with E-state index in [1.807, 2.05) is 14.1 Å². The zero-order valence-corrected chi connectivity index (χ0v) is 10.0. The molecule has 0 aromatic rings. The minimum absolute atomic E-state index is 0.213. The Kier molecular flexibility index (Phi) is 4.11. The number of nitrogens with one attached hydrogen (secondary N) is 1. The molecule has 4 heteroatoms. The van der Waals surface area contributed by atoms with E-state index in [0.29, 0.717) is 5.92 Å².